The van der Waals surface area contributed by atoms with E-state index in [0.29, 0.717) is 19.0 Å². The monoisotopic (exact) mass is 397 g/mol. The zero-order chi connectivity index (χ0) is 20.6. The van der Waals surface area contributed by atoms with E-state index in [-0.39, 0.29) is 16.7 Å². The molecule has 7 heteroatoms. The highest BCUT2D eigenvalue weighted by molar-refractivity contribution is 7.89. The van der Waals surface area contributed by atoms with Crippen LogP contribution in [0.15, 0.2) is 29.2 Å². The quantitative estimate of drug-likeness (QED) is 0.601. The summed E-state index contributed by atoms with van der Waals surface area (Å²) in [5.41, 5.74) is 0.982. The van der Waals surface area contributed by atoms with Crippen molar-refractivity contribution in [3.63, 3.8) is 0 Å². The molecular formula is C20H35N3O3S. The standard InChI is InChI=1S/C20H35N3O3S/c1-7-23(16(4)5)13-12-21-20(24)19(14-15(2)3)22-27(25,26)18-10-8-17(6)9-11-18/h8-11,15-16,19,22H,7,12-14H2,1-6H3,(H,21,24). The molecule has 0 aliphatic heterocycles. The normalized spacial score (nSPS) is 13.4. The fourth-order valence-electron chi connectivity index (χ4n) is 2.88. The minimum absolute atomic E-state index is 0.173. The third-order valence-electron chi connectivity index (χ3n) is 4.49. The SMILES string of the molecule is CCN(CCNC(=O)C(CC(C)C)NS(=O)(=O)c1ccc(C)cc1)C(C)C. The van der Waals surface area contributed by atoms with Gasteiger partial charge in [0.2, 0.25) is 15.9 Å². The van der Waals surface area contributed by atoms with Crippen LogP contribution in [-0.4, -0.2) is 50.9 Å². The number of amides is 1. The lowest BCUT2D eigenvalue weighted by molar-refractivity contribution is -0.123. The van der Waals surface area contributed by atoms with Crippen LogP contribution in [-0.2, 0) is 14.8 Å². The number of benzene rings is 1. The van der Waals surface area contributed by atoms with Crippen LogP contribution in [0.4, 0.5) is 0 Å². The van der Waals surface area contributed by atoms with Crippen LogP contribution in [0.3, 0.4) is 0 Å². The van der Waals surface area contributed by atoms with Gasteiger partial charge in [0.15, 0.2) is 0 Å². The number of aryl methyl sites for hydroxylation is 1. The number of nitrogens with zero attached hydrogens (tertiary/aromatic N) is 1. The van der Waals surface area contributed by atoms with E-state index in [1.807, 2.05) is 20.8 Å². The van der Waals surface area contributed by atoms with Gasteiger partial charge in [-0.15, -0.1) is 0 Å². The van der Waals surface area contributed by atoms with Crippen molar-refractivity contribution in [1.29, 1.82) is 0 Å². The maximum Gasteiger partial charge on any atom is 0.241 e. The number of hydrogen-bond donors (Lipinski definition) is 2. The molecule has 0 aliphatic rings. The number of rotatable bonds is 11. The number of likely N-dealkylation sites (N-methyl/N-ethyl adjacent to an activating group) is 1. The van der Waals surface area contributed by atoms with Gasteiger partial charge in [-0.1, -0.05) is 38.5 Å². The summed E-state index contributed by atoms with van der Waals surface area (Å²) in [6.07, 6.45) is 0.443. The van der Waals surface area contributed by atoms with Crippen molar-refractivity contribution < 1.29 is 13.2 Å². The lowest BCUT2D eigenvalue weighted by atomic mass is 10.0. The number of hydrogen-bond acceptors (Lipinski definition) is 4. The Morgan fingerprint density at radius 1 is 1.11 bits per heavy atom. The second kappa shape index (κ2) is 10.8. The van der Waals surface area contributed by atoms with Gasteiger partial charge in [0, 0.05) is 19.1 Å². The Labute approximate surface area is 164 Å². The lowest BCUT2D eigenvalue weighted by Crippen LogP contribution is -2.49. The predicted molar refractivity (Wildman–Crippen MR) is 110 cm³/mol. The summed E-state index contributed by atoms with van der Waals surface area (Å²) in [6, 6.07) is 6.23. The molecule has 1 rings (SSSR count). The van der Waals surface area contributed by atoms with E-state index < -0.39 is 16.1 Å². The van der Waals surface area contributed by atoms with Gasteiger partial charge in [-0.3, -0.25) is 9.69 Å². The largest absolute Gasteiger partial charge is 0.353 e. The van der Waals surface area contributed by atoms with Gasteiger partial charge in [0.05, 0.1) is 4.90 Å². The van der Waals surface area contributed by atoms with Gasteiger partial charge in [-0.2, -0.15) is 4.72 Å². The van der Waals surface area contributed by atoms with E-state index in [1.165, 1.54) is 0 Å². The van der Waals surface area contributed by atoms with Crippen molar-refractivity contribution in [3.8, 4) is 0 Å². The van der Waals surface area contributed by atoms with Gasteiger partial charge in [0.25, 0.3) is 0 Å². The molecule has 0 bridgehead atoms. The third-order valence-corrected chi connectivity index (χ3v) is 5.97. The Morgan fingerprint density at radius 2 is 1.70 bits per heavy atom. The van der Waals surface area contributed by atoms with Gasteiger partial charge in [-0.05, 0) is 51.8 Å². The summed E-state index contributed by atoms with van der Waals surface area (Å²) in [4.78, 5) is 15.0. The minimum Gasteiger partial charge on any atom is -0.353 e. The maximum atomic E-state index is 12.7. The molecule has 0 aliphatic carbocycles. The molecule has 1 aromatic carbocycles. The summed E-state index contributed by atoms with van der Waals surface area (Å²) in [7, 11) is -3.75. The highest BCUT2D eigenvalue weighted by atomic mass is 32.2. The molecular weight excluding hydrogens is 362 g/mol. The Bertz CT molecular complexity index is 685. The smallest absolute Gasteiger partial charge is 0.241 e. The van der Waals surface area contributed by atoms with E-state index in [9.17, 15) is 13.2 Å². The van der Waals surface area contributed by atoms with Crippen LogP contribution in [0, 0.1) is 12.8 Å². The molecule has 0 aromatic heterocycles. The third kappa shape index (κ3) is 7.99. The molecule has 0 spiro atoms. The van der Waals surface area contributed by atoms with Crippen molar-refractivity contribution in [2.24, 2.45) is 5.92 Å². The van der Waals surface area contributed by atoms with Gasteiger partial charge in [-0.25, -0.2) is 8.42 Å². The molecule has 6 nitrogen and oxygen atoms in total. The first-order valence-electron chi connectivity index (χ1n) is 9.67. The summed E-state index contributed by atoms with van der Waals surface area (Å²) in [5, 5.41) is 2.88. The molecule has 0 saturated carbocycles. The molecule has 1 aromatic rings. The second-order valence-corrected chi connectivity index (χ2v) is 9.34. The zero-order valence-corrected chi connectivity index (χ0v) is 18.3. The van der Waals surface area contributed by atoms with Crippen LogP contribution in [0.1, 0.15) is 46.6 Å². The fourth-order valence-corrected chi connectivity index (χ4v) is 4.09. The molecule has 1 atom stereocenters. The summed E-state index contributed by atoms with van der Waals surface area (Å²) in [6.45, 7) is 14.3. The number of nitrogens with one attached hydrogen (secondary N) is 2. The Kier molecular flexibility index (Phi) is 9.42. The molecule has 154 valence electrons. The Balaban J connectivity index is 2.79. The van der Waals surface area contributed by atoms with Crippen molar-refractivity contribution in [3.05, 3.63) is 29.8 Å². The Morgan fingerprint density at radius 3 is 2.19 bits per heavy atom. The van der Waals surface area contributed by atoms with Crippen molar-refractivity contribution in [1.82, 2.24) is 14.9 Å². The van der Waals surface area contributed by atoms with Crippen LogP contribution in [0.5, 0.6) is 0 Å². The van der Waals surface area contributed by atoms with E-state index in [0.717, 1.165) is 18.7 Å². The number of carbonyl (C=O) groups is 1. The van der Waals surface area contributed by atoms with Gasteiger partial charge in [0.1, 0.15) is 6.04 Å². The zero-order valence-electron chi connectivity index (χ0n) is 17.5. The topological polar surface area (TPSA) is 78.5 Å². The van der Waals surface area contributed by atoms with Crippen molar-refractivity contribution in [2.45, 2.75) is 64.9 Å². The molecule has 0 fully saturated rings. The van der Waals surface area contributed by atoms with Crippen LogP contribution in [0.2, 0.25) is 0 Å². The van der Waals surface area contributed by atoms with Gasteiger partial charge < -0.3 is 5.32 Å². The first-order valence-corrected chi connectivity index (χ1v) is 11.2. The molecule has 0 heterocycles. The number of sulfonamides is 1. The van der Waals surface area contributed by atoms with Crippen LogP contribution in [0.25, 0.3) is 0 Å². The van der Waals surface area contributed by atoms with Gasteiger partial charge >= 0.3 is 0 Å². The van der Waals surface area contributed by atoms with Crippen molar-refractivity contribution >= 4 is 15.9 Å². The van der Waals surface area contributed by atoms with Crippen LogP contribution < -0.4 is 10.0 Å². The van der Waals surface area contributed by atoms with E-state index in [1.54, 1.807) is 24.3 Å². The fraction of sp³-hybridized carbons (Fsp3) is 0.650. The minimum atomic E-state index is -3.75. The molecule has 27 heavy (non-hydrogen) atoms. The predicted octanol–water partition coefficient (Wildman–Crippen LogP) is 2.53. The maximum absolute atomic E-state index is 12.7. The second-order valence-electron chi connectivity index (χ2n) is 7.63. The van der Waals surface area contributed by atoms with E-state index >= 15 is 0 Å². The molecule has 1 unspecified atom stereocenters. The molecule has 0 radical (unpaired) electrons. The Hall–Kier alpha value is -1.44. The summed E-state index contributed by atoms with van der Waals surface area (Å²) in [5.74, 6) is -0.0940. The molecule has 1 amide bonds. The van der Waals surface area contributed by atoms with Crippen LogP contribution >= 0.6 is 0 Å². The summed E-state index contributed by atoms with van der Waals surface area (Å²) < 4.78 is 27.9. The number of carbonyl (C=O) groups excluding carboxylic acids is 1. The first kappa shape index (κ1) is 23.6. The molecule has 0 saturated heterocycles. The van der Waals surface area contributed by atoms with E-state index in [2.05, 4.69) is 35.7 Å². The lowest BCUT2D eigenvalue weighted by Gasteiger charge is -2.25. The van der Waals surface area contributed by atoms with Crippen molar-refractivity contribution in [2.75, 3.05) is 19.6 Å². The first-order chi connectivity index (χ1) is 12.6. The molecule has 2 N–H and O–H groups in total. The highest BCUT2D eigenvalue weighted by Crippen LogP contribution is 2.13. The van der Waals surface area contributed by atoms with E-state index in [4.69, 9.17) is 0 Å². The average Bonchev–Trinajstić information content (AvgIpc) is 2.57. The summed E-state index contributed by atoms with van der Waals surface area (Å²) >= 11 is 0. The highest BCUT2D eigenvalue weighted by Gasteiger charge is 2.26. The average molecular weight is 398 g/mol.